The largest absolute Gasteiger partial charge is 0.391 e. The quantitative estimate of drug-likeness (QED) is 0.780. The highest BCUT2D eigenvalue weighted by atomic mass is 16.3. The van der Waals surface area contributed by atoms with Crippen LogP contribution in [0.15, 0.2) is 12.3 Å². The monoisotopic (exact) mass is 279 g/mol. The average molecular weight is 279 g/mol. The first-order valence-corrected chi connectivity index (χ1v) is 6.71. The Balaban J connectivity index is 2.15. The molecule has 1 fully saturated rings. The molecule has 2 N–H and O–H groups in total. The molecule has 0 radical (unpaired) electrons. The van der Waals surface area contributed by atoms with Crippen molar-refractivity contribution in [3.05, 3.63) is 23.5 Å². The highest BCUT2D eigenvalue weighted by Gasteiger charge is 2.35. The summed E-state index contributed by atoms with van der Waals surface area (Å²) in [5.74, 6) is -0.243. The van der Waals surface area contributed by atoms with Crippen molar-refractivity contribution in [2.24, 2.45) is 0 Å². The van der Waals surface area contributed by atoms with Crippen LogP contribution in [0.25, 0.3) is 0 Å². The van der Waals surface area contributed by atoms with Crippen molar-refractivity contribution in [1.29, 1.82) is 0 Å². The molecule has 0 bridgehead atoms. The van der Waals surface area contributed by atoms with E-state index in [1.807, 2.05) is 19.0 Å². The number of hydrogen-bond acceptors (Lipinski definition) is 4. The minimum atomic E-state index is -0.480. The third kappa shape index (κ3) is 3.08. The number of carbonyl (C=O) groups is 2. The number of ketones is 1. The summed E-state index contributed by atoms with van der Waals surface area (Å²) in [6.45, 7) is 2.51. The molecule has 2 rings (SSSR count). The van der Waals surface area contributed by atoms with Gasteiger partial charge in [0.05, 0.1) is 6.10 Å². The fourth-order valence-electron chi connectivity index (χ4n) is 2.61. The van der Waals surface area contributed by atoms with E-state index in [0.29, 0.717) is 30.8 Å². The number of nitrogens with zero attached hydrogens (tertiary/aromatic N) is 2. The minimum Gasteiger partial charge on any atom is -0.391 e. The zero-order valence-corrected chi connectivity index (χ0v) is 12.1. The molecule has 0 aromatic carbocycles. The fourth-order valence-corrected chi connectivity index (χ4v) is 2.61. The van der Waals surface area contributed by atoms with Gasteiger partial charge in [-0.15, -0.1) is 0 Å². The minimum absolute atomic E-state index is 0.00317. The first-order chi connectivity index (χ1) is 9.38. The molecular weight excluding hydrogens is 258 g/mol. The van der Waals surface area contributed by atoms with Gasteiger partial charge in [0.25, 0.3) is 5.91 Å². The lowest BCUT2D eigenvalue weighted by Gasteiger charge is -2.26. The van der Waals surface area contributed by atoms with Crippen LogP contribution in [-0.4, -0.2) is 70.9 Å². The molecular formula is C14H21N3O3. The summed E-state index contributed by atoms with van der Waals surface area (Å²) in [4.78, 5) is 30.3. The Hall–Kier alpha value is -1.66. The van der Waals surface area contributed by atoms with Crippen LogP contribution in [-0.2, 0) is 0 Å². The molecule has 0 spiro atoms. The lowest BCUT2D eigenvalue weighted by atomic mass is 10.2. The molecule has 20 heavy (non-hydrogen) atoms. The Kier molecular flexibility index (Phi) is 4.25. The zero-order chi connectivity index (χ0) is 14.9. The van der Waals surface area contributed by atoms with Crippen LogP contribution >= 0.6 is 0 Å². The molecule has 110 valence electrons. The van der Waals surface area contributed by atoms with Gasteiger partial charge < -0.3 is 19.9 Å². The normalized spacial score (nSPS) is 22.6. The average Bonchev–Trinajstić information content (AvgIpc) is 2.94. The van der Waals surface area contributed by atoms with Crippen LogP contribution in [0.2, 0.25) is 0 Å². The van der Waals surface area contributed by atoms with E-state index in [1.54, 1.807) is 17.2 Å². The number of aliphatic hydroxyl groups is 1. The SMILES string of the molecule is CC(=O)c1c[nH]c(C(=O)N2CC(O)CC2CN(C)C)c1. The molecule has 1 aromatic rings. The van der Waals surface area contributed by atoms with Gasteiger partial charge in [0.2, 0.25) is 0 Å². The van der Waals surface area contributed by atoms with E-state index < -0.39 is 6.10 Å². The molecule has 0 aliphatic carbocycles. The molecule has 1 aliphatic rings. The van der Waals surface area contributed by atoms with E-state index in [2.05, 4.69) is 4.98 Å². The number of rotatable bonds is 4. The molecule has 1 aliphatic heterocycles. The van der Waals surface area contributed by atoms with Crippen LogP contribution in [0.1, 0.15) is 34.2 Å². The van der Waals surface area contributed by atoms with E-state index in [0.717, 1.165) is 0 Å². The van der Waals surface area contributed by atoms with Gasteiger partial charge in [-0.2, -0.15) is 0 Å². The number of nitrogens with one attached hydrogen (secondary N) is 1. The maximum Gasteiger partial charge on any atom is 0.270 e. The number of aromatic nitrogens is 1. The van der Waals surface area contributed by atoms with Crippen LogP contribution in [0.3, 0.4) is 0 Å². The summed E-state index contributed by atoms with van der Waals surface area (Å²) < 4.78 is 0. The highest BCUT2D eigenvalue weighted by Crippen LogP contribution is 2.21. The maximum atomic E-state index is 12.5. The van der Waals surface area contributed by atoms with Gasteiger partial charge in [-0.05, 0) is 33.5 Å². The molecule has 1 amide bonds. The summed E-state index contributed by atoms with van der Waals surface area (Å²) >= 11 is 0. The maximum absolute atomic E-state index is 12.5. The fraction of sp³-hybridized carbons (Fsp3) is 0.571. The number of β-amino-alcohol motifs (C(OH)–C–C–N with tert-alkyl or cyclic N) is 1. The Bertz CT molecular complexity index is 510. The van der Waals surface area contributed by atoms with Crippen LogP contribution in [0, 0.1) is 0 Å². The van der Waals surface area contributed by atoms with E-state index >= 15 is 0 Å². The van der Waals surface area contributed by atoms with Gasteiger partial charge >= 0.3 is 0 Å². The van der Waals surface area contributed by atoms with E-state index in [-0.39, 0.29) is 17.7 Å². The van der Waals surface area contributed by atoms with Gasteiger partial charge in [0.1, 0.15) is 5.69 Å². The van der Waals surface area contributed by atoms with Gasteiger partial charge in [0.15, 0.2) is 5.78 Å². The third-order valence-corrected chi connectivity index (χ3v) is 3.55. The Morgan fingerprint density at radius 2 is 2.20 bits per heavy atom. The number of hydrogen-bond donors (Lipinski definition) is 2. The lowest BCUT2D eigenvalue weighted by Crippen LogP contribution is -2.41. The van der Waals surface area contributed by atoms with Gasteiger partial charge in [0, 0.05) is 30.9 Å². The summed E-state index contributed by atoms with van der Waals surface area (Å²) in [5, 5.41) is 9.80. The Morgan fingerprint density at radius 1 is 1.50 bits per heavy atom. The molecule has 1 aromatic heterocycles. The number of aromatic amines is 1. The molecule has 2 heterocycles. The van der Waals surface area contributed by atoms with Gasteiger partial charge in [-0.25, -0.2) is 0 Å². The van der Waals surface area contributed by atoms with E-state index in [4.69, 9.17) is 0 Å². The van der Waals surface area contributed by atoms with E-state index in [9.17, 15) is 14.7 Å². The highest BCUT2D eigenvalue weighted by molar-refractivity contribution is 5.99. The Morgan fingerprint density at radius 3 is 2.75 bits per heavy atom. The third-order valence-electron chi connectivity index (χ3n) is 3.55. The smallest absolute Gasteiger partial charge is 0.270 e. The number of likely N-dealkylation sites (tertiary alicyclic amines) is 1. The summed E-state index contributed by atoms with van der Waals surface area (Å²) in [7, 11) is 3.88. The van der Waals surface area contributed by atoms with Gasteiger partial charge in [-0.3, -0.25) is 9.59 Å². The second kappa shape index (κ2) is 5.76. The zero-order valence-electron chi connectivity index (χ0n) is 12.1. The van der Waals surface area contributed by atoms with Crippen LogP contribution < -0.4 is 0 Å². The van der Waals surface area contributed by atoms with Crippen molar-refractivity contribution in [2.75, 3.05) is 27.2 Å². The van der Waals surface area contributed by atoms with Crippen molar-refractivity contribution in [3.63, 3.8) is 0 Å². The standard InChI is InChI=1S/C14H21N3O3/c1-9(18)10-4-13(15-6-10)14(20)17-8-12(19)5-11(17)7-16(2)3/h4,6,11-12,15,19H,5,7-8H2,1-3H3. The van der Waals surface area contributed by atoms with Crippen molar-refractivity contribution in [3.8, 4) is 0 Å². The summed E-state index contributed by atoms with van der Waals surface area (Å²) in [6.07, 6.45) is 1.65. The Labute approximate surface area is 118 Å². The van der Waals surface area contributed by atoms with Crippen LogP contribution in [0.5, 0.6) is 0 Å². The molecule has 2 unspecified atom stereocenters. The molecule has 6 heteroatoms. The predicted molar refractivity (Wildman–Crippen MR) is 74.8 cm³/mol. The number of aliphatic hydroxyl groups excluding tert-OH is 1. The molecule has 0 saturated carbocycles. The number of likely N-dealkylation sites (N-methyl/N-ethyl adjacent to an activating group) is 1. The first-order valence-electron chi connectivity index (χ1n) is 6.71. The topological polar surface area (TPSA) is 76.6 Å². The van der Waals surface area contributed by atoms with E-state index in [1.165, 1.54) is 6.92 Å². The summed E-state index contributed by atoms with van der Waals surface area (Å²) in [5.41, 5.74) is 0.894. The van der Waals surface area contributed by atoms with Crippen molar-refractivity contribution < 1.29 is 14.7 Å². The second-order valence-electron chi connectivity index (χ2n) is 5.62. The molecule has 2 atom stereocenters. The van der Waals surface area contributed by atoms with Crippen molar-refractivity contribution >= 4 is 11.7 Å². The first kappa shape index (κ1) is 14.7. The molecule has 1 saturated heterocycles. The van der Waals surface area contributed by atoms with Crippen LogP contribution in [0.4, 0.5) is 0 Å². The van der Waals surface area contributed by atoms with Crippen molar-refractivity contribution in [2.45, 2.75) is 25.5 Å². The second-order valence-corrected chi connectivity index (χ2v) is 5.62. The number of H-pyrrole nitrogens is 1. The number of Topliss-reactive ketones (excluding diaryl/α,β-unsaturated/α-hetero) is 1. The number of amides is 1. The predicted octanol–water partition coefficient (Wildman–Crippen LogP) is 0.354. The lowest BCUT2D eigenvalue weighted by molar-refractivity contribution is 0.0694. The summed E-state index contributed by atoms with van der Waals surface area (Å²) in [6, 6.07) is 1.57. The number of carbonyl (C=O) groups excluding carboxylic acids is 2. The van der Waals surface area contributed by atoms with Crippen molar-refractivity contribution in [1.82, 2.24) is 14.8 Å². The molecule has 6 nitrogen and oxygen atoms in total. The van der Waals surface area contributed by atoms with Gasteiger partial charge in [-0.1, -0.05) is 0 Å².